The maximum atomic E-state index is 12.5. The maximum Gasteiger partial charge on any atom is 0.178 e. The molecule has 2 atom stereocenters. The van der Waals surface area contributed by atoms with Crippen molar-refractivity contribution < 1.29 is 13.2 Å². The van der Waals surface area contributed by atoms with Gasteiger partial charge in [-0.3, -0.25) is 0 Å². The van der Waals surface area contributed by atoms with Gasteiger partial charge in [0.15, 0.2) is 9.84 Å². The predicted molar refractivity (Wildman–Crippen MR) is 93.5 cm³/mol. The largest absolute Gasteiger partial charge is 0.381 e. The molecule has 0 aromatic heterocycles. The van der Waals surface area contributed by atoms with E-state index in [4.69, 9.17) is 4.74 Å². The van der Waals surface area contributed by atoms with Crippen molar-refractivity contribution in [2.24, 2.45) is 11.8 Å². The summed E-state index contributed by atoms with van der Waals surface area (Å²) in [6.07, 6.45) is 0. The van der Waals surface area contributed by atoms with Crippen molar-refractivity contribution in [3.8, 4) is 0 Å². The Morgan fingerprint density at radius 1 is 0.913 bits per heavy atom. The Balaban J connectivity index is 1.63. The lowest BCUT2D eigenvalue weighted by molar-refractivity contribution is 0.183. The highest BCUT2D eigenvalue weighted by Gasteiger charge is 2.32. The molecule has 1 aliphatic heterocycles. The molecule has 3 nitrogen and oxygen atoms in total. The van der Waals surface area contributed by atoms with Gasteiger partial charge in [-0.25, -0.2) is 8.42 Å². The van der Waals surface area contributed by atoms with Gasteiger partial charge in [-0.1, -0.05) is 36.4 Å². The summed E-state index contributed by atoms with van der Waals surface area (Å²) in [6, 6.07) is 18.9. The van der Waals surface area contributed by atoms with Gasteiger partial charge in [0.05, 0.1) is 23.9 Å². The van der Waals surface area contributed by atoms with Crippen molar-refractivity contribution in [1.82, 2.24) is 0 Å². The Kier molecular flexibility index (Phi) is 5.41. The van der Waals surface area contributed by atoms with E-state index in [1.54, 1.807) is 36.0 Å². The molecule has 2 aromatic carbocycles. The van der Waals surface area contributed by atoms with Gasteiger partial charge in [-0.05, 0) is 30.2 Å². The van der Waals surface area contributed by atoms with Crippen LogP contribution in [0.5, 0.6) is 0 Å². The average Bonchev–Trinajstić information content (AvgIpc) is 3.01. The molecule has 122 valence electrons. The van der Waals surface area contributed by atoms with Crippen LogP contribution in [0.1, 0.15) is 0 Å². The normalized spacial score (nSPS) is 21.4. The molecule has 0 N–H and O–H groups in total. The lowest BCUT2D eigenvalue weighted by Gasteiger charge is -2.17. The number of rotatable bonds is 6. The quantitative estimate of drug-likeness (QED) is 0.749. The molecular formula is C18H20O3S2. The van der Waals surface area contributed by atoms with E-state index in [1.165, 1.54) is 4.90 Å². The highest BCUT2D eigenvalue weighted by molar-refractivity contribution is 7.99. The average molecular weight is 348 g/mol. The van der Waals surface area contributed by atoms with Gasteiger partial charge in [0.2, 0.25) is 0 Å². The van der Waals surface area contributed by atoms with Crippen LogP contribution in [0.4, 0.5) is 0 Å². The van der Waals surface area contributed by atoms with Gasteiger partial charge < -0.3 is 4.74 Å². The topological polar surface area (TPSA) is 43.4 Å². The van der Waals surface area contributed by atoms with E-state index in [9.17, 15) is 8.42 Å². The molecule has 1 aliphatic rings. The van der Waals surface area contributed by atoms with Crippen molar-refractivity contribution in [3.05, 3.63) is 60.7 Å². The van der Waals surface area contributed by atoms with Crippen molar-refractivity contribution in [3.63, 3.8) is 0 Å². The van der Waals surface area contributed by atoms with Crippen molar-refractivity contribution in [2.45, 2.75) is 9.79 Å². The van der Waals surface area contributed by atoms with Crippen LogP contribution < -0.4 is 0 Å². The van der Waals surface area contributed by atoms with Crippen molar-refractivity contribution in [2.75, 3.05) is 24.7 Å². The Hall–Kier alpha value is -1.30. The molecule has 0 saturated carbocycles. The highest BCUT2D eigenvalue weighted by Crippen LogP contribution is 2.30. The van der Waals surface area contributed by atoms with E-state index in [1.807, 2.05) is 24.3 Å². The Morgan fingerprint density at radius 3 is 2.22 bits per heavy atom. The number of hydrogen-bond acceptors (Lipinski definition) is 4. The summed E-state index contributed by atoms with van der Waals surface area (Å²) < 4.78 is 30.7. The smallest absolute Gasteiger partial charge is 0.178 e. The summed E-state index contributed by atoms with van der Waals surface area (Å²) >= 11 is 1.77. The van der Waals surface area contributed by atoms with Gasteiger partial charge in [0, 0.05) is 16.6 Å². The minimum atomic E-state index is -3.25. The minimum Gasteiger partial charge on any atom is -0.381 e. The number of sulfone groups is 1. The van der Waals surface area contributed by atoms with E-state index in [0.717, 1.165) is 5.75 Å². The van der Waals surface area contributed by atoms with Gasteiger partial charge in [-0.15, -0.1) is 11.8 Å². The fraction of sp³-hybridized carbons (Fsp3) is 0.333. The Bertz CT molecular complexity index is 714. The van der Waals surface area contributed by atoms with Gasteiger partial charge >= 0.3 is 0 Å². The van der Waals surface area contributed by atoms with Crippen molar-refractivity contribution in [1.29, 1.82) is 0 Å². The second-order valence-corrected chi connectivity index (χ2v) is 8.90. The first-order valence-electron chi connectivity index (χ1n) is 7.68. The standard InChI is InChI=1S/C18H20O3S2/c19-23(20,18-9-5-2-6-10-18)14-16-12-21-11-15(16)13-22-17-7-3-1-4-8-17/h1-10,15-16H,11-14H2/t15-,16+/m1/s1. The number of ether oxygens (including phenoxy) is 1. The van der Waals surface area contributed by atoms with Gasteiger partial charge in [-0.2, -0.15) is 0 Å². The van der Waals surface area contributed by atoms with Crippen LogP contribution in [0.3, 0.4) is 0 Å². The van der Waals surface area contributed by atoms with E-state index >= 15 is 0 Å². The van der Waals surface area contributed by atoms with Crippen LogP contribution >= 0.6 is 11.8 Å². The molecule has 5 heteroatoms. The molecular weight excluding hydrogens is 328 g/mol. The number of benzene rings is 2. The fourth-order valence-electron chi connectivity index (χ4n) is 2.74. The van der Waals surface area contributed by atoms with E-state index in [2.05, 4.69) is 12.1 Å². The SMILES string of the molecule is O=S(=O)(C[C@@H]1COC[C@@H]1CSc1ccccc1)c1ccccc1. The van der Waals surface area contributed by atoms with Crippen LogP contribution in [0, 0.1) is 11.8 Å². The Morgan fingerprint density at radius 2 is 1.52 bits per heavy atom. The molecule has 0 amide bonds. The van der Waals surface area contributed by atoms with E-state index in [0.29, 0.717) is 18.1 Å². The summed E-state index contributed by atoms with van der Waals surface area (Å²) in [4.78, 5) is 1.62. The van der Waals surface area contributed by atoms with Crippen LogP contribution in [0.15, 0.2) is 70.5 Å². The third-order valence-electron chi connectivity index (χ3n) is 4.07. The second-order valence-electron chi connectivity index (χ2n) is 5.78. The highest BCUT2D eigenvalue weighted by atomic mass is 32.2. The van der Waals surface area contributed by atoms with E-state index in [-0.39, 0.29) is 17.6 Å². The lowest BCUT2D eigenvalue weighted by atomic mass is 10.0. The van der Waals surface area contributed by atoms with Crippen LogP contribution in [-0.2, 0) is 14.6 Å². The van der Waals surface area contributed by atoms with Crippen LogP contribution in [-0.4, -0.2) is 33.1 Å². The second kappa shape index (κ2) is 7.51. The van der Waals surface area contributed by atoms with Crippen LogP contribution in [0.25, 0.3) is 0 Å². The van der Waals surface area contributed by atoms with Gasteiger partial charge in [0.1, 0.15) is 0 Å². The molecule has 0 bridgehead atoms. The summed E-state index contributed by atoms with van der Waals surface area (Å²) in [5, 5.41) is 0. The molecule has 23 heavy (non-hydrogen) atoms. The zero-order chi connectivity index (χ0) is 16.1. The van der Waals surface area contributed by atoms with Crippen LogP contribution in [0.2, 0.25) is 0 Å². The zero-order valence-corrected chi connectivity index (χ0v) is 14.4. The molecule has 0 radical (unpaired) electrons. The number of thioether (sulfide) groups is 1. The molecule has 2 aromatic rings. The van der Waals surface area contributed by atoms with E-state index < -0.39 is 9.84 Å². The summed E-state index contributed by atoms with van der Waals surface area (Å²) in [7, 11) is -3.25. The van der Waals surface area contributed by atoms with Crippen molar-refractivity contribution >= 4 is 21.6 Å². The minimum absolute atomic E-state index is 0.0661. The maximum absolute atomic E-state index is 12.5. The van der Waals surface area contributed by atoms with Gasteiger partial charge in [0.25, 0.3) is 0 Å². The molecule has 0 spiro atoms. The first-order valence-corrected chi connectivity index (χ1v) is 10.3. The molecule has 1 fully saturated rings. The summed E-state index contributed by atoms with van der Waals surface area (Å²) in [6.45, 7) is 1.18. The summed E-state index contributed by atoms with van der Waals surface area (Å²) in [5.74, 6) is 1.39. The third-order valence-corrected chi connectivity index (χ3v) is 7.13. The third kappa shape index (κ3) is 4.37. The summed E-state index contributed by atoms with van der Waals surface area (Å²) in [5.41, 5.74) is 0. The molecule has 1 saturated heterocycles. The molecule has 0 unspecified atom stereocenters. The zero-order valence-electron chi connectivity index (χ0n) is 12.8. The predicted octanol–water partition coefficient (Wildman–Crippen LogP) is 3.52. The molecule has 3 rings (SSSR count). The fourth-order valence-corrected chi connectivity index (χ4v) is 5.56. The lowest BCUT2D eigenvalue weighted by Crippen LogP contribution is -2.24. The first kappa shape index (κ1) is 16.6. The molecule has 0 aliphatic carbocycles. The number of hydrogen-bond donors (Lipinski definition) is 0. The Labute approximate surface area is 142 Å². The monoisotopic (exact) mass is 348 g/mol. The first-order chi connectivity index (χ1) is 11.1. The molecule has 1 heterocycles.